The first-order valence-electron chi connectivity index (χ1n) is 6.62. The number of rotatable bonds is 6. The number of amides is 1. The molecule has 0 heterocycles. The second-order valence-electron chi connectivity index (χ2n) is 5.41. The maximum atomic E-state index is 12.2. The molecule has 0 aliphatic rings. The Kier molecular flexibility index (Phi) is 5.97. The highest BCUT2D eigenvalue weighted by Gasteiger charge is 2.22. The molecule has 0 fully saturated rings. The summed E-state index contributed by atoms with van der Waals surface area (Å²) in [6, 6.07) is 9.83. The maximum Gasteiger partial charge on any atom is 0.246 e. The van der Waals surface area contributed by atoms with Gasteiger partial charge < -0.3 is 10.1 Å². The van der Waals surface area contributed by atoms with Crippen molar-refractivity contribution in [1.29, 1.82) is 0 Å². The molecule has 0 saturated heterocycles. The Bertz CT molecular complexity index is 479. The molecule has 4 heteroatoms. The van der Waals surface area contributed by atoms with Gasteiger partial charge in [0.2, 0.25) is 5.91 Å². The number of hydrogen-bond acceptors (Lipinski definition) is 3. The van der Waals surface area contributed by atoms with Crippen LogP contribution in [0.2, 0.25) is 0 Å². The van der Waals surface area contributed by atoms with Crippen LogP contribution in [0.4, 0.5) is 0 Å². The number of hydrogen-bond donors (Lipinski definition) is 1. The fraction of sp³-hybridized carbons (Fsp3) is 0.375. The van der Waals surface area contributed by atoms with Gasteiger partial charge in [-0.2, -0.15) is 0 Å². The Balaban J connectivity index is 2.88. The summed E-state index contributed by atoms with van der Waals surface area (Å²) in [5, 5.41) is 11.8. The zero-order valence-corrected chi connectivity index (χ0v) is 12.3. The van der Waals surface area contributed by atoms with E-state index in [1.54, 1.807) is 17.1 Å². The van der Waals surface area contributed by atoms with Crippen LogP contribution in [-0.4, -0.2) is 28.8 Å². The zero-order valence-electron chi connectivity index (χ0n) is 12.3. The van der Waals surface area contributed by atoms with E-state index in [1.807, 2.05) is 51.1 Å². The highest BCUT2D eigenvalue weighted by atomic mass is 16.4. The van der Waals surface area contributed by atoms with Crippen LogP contribution in [0, 0.1) is 5.41 Å². The first-order chi connectivity index (χ1) is 9.48. The van der Waals surface area contributed by atoms with Crippen molar-refractivity contribution >= 4 is 12.1 Å². The van der Waals surface area contributed by atoms with E-state index in [-0.39, 0.29) is 11.3 Å². The SMILES string of the molecule is C/C=C/C(=O)N(Cc1ccccc1)CC(C)(C)C=NO. The van der Waals surface area contributed by atoms with Crippen LogP contribution in [0.1, 0.15) is 26.3 Å². The molecule has 0 radical (unpaired) electrons. The molecule has 1 N–H and O–H groups in total. The molecule has 1 rings (SSSR count). The molecule has 20 heavy (non-hydrogen) atoms. The van der Waals surface area contributed by atoms with Crippen molar-refractivity contribution in [3.63, 3.8) is 0 Å². The molecular formula is C16H22N2O2. The first-order valence-corrected chi connectivity index (χ1v) is 6.62. The Morgan fingerprint density at radius 2 is 2.00 bits per heavy atom. The third kappa shape index (κ3) is 5.26. The van der Waals surface area contributed by atoms with Crippen LogP contribution in [0.15, 0.2) is 47.6 Å². The molecule has 0 unspecified atom stereocenters. The molecule has 0 saturated carbocycles. The Morgan fingerprint density at radius 3 is 2.55 bits per heavy atom. The van der Waals surface area contributed by atoms with E-state index in [2.05, 4.69) is 5.16 Å². The minimum absolute atomic E-state index is 0.0456. The molecule has 0 aliphatic heterocycles. The van der Waals surface area contributed by atoms with Gasteiger partial charge in [0.1, 0.15) is 0 Å². The van der Waals surface area contributed by atoms with Crippen LogP contribution in [0.3, 0.4) is 0 Å². The summed E-state index contributed by atoms with van der Waals surface area (Å²) in [6.07, 6.45) is 4.73. The zero-order chi connectivity index (χ0) is 15.0. The first kappa shape index (κ1) is 16.0. The smallest absolute Gasteiger partial charge is 0.246 e. The summed E-state index contributed by atoms with van der Waals surface area (Å²) in [6.45, 7) is 6.68. The van der Waals surface area contributed by atoms with Gasteiger partial charge >= 0.3 is 0 Å². The second kappa shape index (κ2) is 7.48. The summed E-state index contributed by atoms with van der Waals surface area (Å²) < 4.78 is 0. The predicted octanol–water partition coefficient (Wildman–Crippen LogP) is 3.08. The lowest BCUT2D eigenvalue weighted by atomic mass is 9.94. The standard InChI is InChI=1S/C16H22N2O2/c1-4-8-15(19)18(13-16(2,3)12-17-20)11-14-9-6-5-7-10-14/h4-10,12,20H,11,13H2,1-3H3/b8-4+,17-12?. The molecule has 0 aliphatic carbocycles. The number of nitrogens with zero attached hydrogens (tertiary/aromatic N) is 2. The Hall–Kier alpha value is -2.10. The maximum absolute atomic E-state index is 12.2. The molecule has 0 bridgehead atoms. The number of carbonyl (C=O) groups is 1. The van der Waals surface area contributed by atoms with Gasteiger partial charge in [-0.05, 0) is 18.6 Å². The van der Waals surface area contributed by atoms with Gasteiger partial charge in [0, 0.05) is 18.5 Å². The lowest BCUT2D eigenvalue weighted by Crippen LogP contribution is -2.38. The van der Waals surface area contributed by atoms with Gasteiger partial charge in [0.05, 0.1) is 6.21 Å². The molecule has 0 spiro atoms. The highest BCUT2D eigenvalue weighted by molar-refractivity contribution is 5.87. The predicted molar refractivity (Wildman–Crippen MR) is 80.7 cm³/mol. The van der Waals surface area contributed by atoms with Crippen molar-refractivity contribution in [3.8, 4) is 0 Å². The normalized spacial score (nSPS) is 12.2. The van der Waals surface area contributed by atoms with Crippen molar-refractivity contribution in [3.05, 3.63) is 48.0 Å². The fourth-order valence-corrected chi connectivity index (χ4v) is 1.95. The van der Waals surface area contributed by atoms with E-state index < -0.39 is 0 Å². The molecule has 0 atom stereocenters. The molecule has 4 nitrogen and oxygen atoms in total. The average Bonchev–Trinajstić information content (AvgIpc) is 2.39. The summed E-state index contributed by atoms with van der Waals surface area (Å²) in [7, 11) is 0. The fourth-order valence-electron chi connectivity index (χ4n) is 1.95. The number of carbonyl (C=O) groups excluding carboxylic acids is 1. The third-order valence-electron chi connectivity index (χ3n) is 2.84. The monoisotopic (exact) mass is 274 g/mol. The van der Waals surface area contributed by atoms with Gasteiger partial charge in [-0.15, -0.1) is 5.16 Å². The molecule has 108 valence electrons. The minimum atomic E-state index is -0.388. The van der Waals surface area contributed by atoms with E-state index in [9.17, 15) is 4.79 Å². The van der Waals surface area contributed by atoms with Crippen molar-refractivity contribution in [2.75, 3.05) is 6.54 Å². The third-order valence-corrected chi connectivity index (χ3v) is 2.84. The lowest BCUT2D eigenvalue weighted by molar-refractivity contribution is -0.127. The van der Waals surface area contributed by atoms with Crippen LogP contribution >= 0.6 is 0 Å². The summed E-state index contributed by atoms with van der Waals surface area (Å²) in [5.41, 5.74) is 0.683. The van der Waals surface area contributed by atoms with Crippen molar-refractivity contribution < 1.29 is 10.0 Å². The van der Waals surface area contributed by atoms with Gasteiger partial charge in [-0.1, -0.05) is 50.3 Å². The summed E-state index contributed by atoms with van der Waals surface area (Å²) in [5.74, 6) is -0.0456. The quantitative estimate of drug-likeness (QED) is 0.375. The van der Waals surface area contributed by atoms with E-state index >= 15 is 0 Å². The Morgan fingerprint density at radius 1 is 1.35 bits per heavy atom. The second-order valence-corrected chi connectivity index (χ2v) is 5.41. The van der Waals surface area contributed by atoms with Gasteiger partial charge in [0.25, 0.3) is 0 Å². The van der Waals surface area contributed by atoms with Gasteiger partial charge in [0.15, 0.2) is 0 Å². The van der Waals surface area contributed by atoms with Gasteiger partial charge in [-0.25, -0.2) is 0 Å². The van der Waals surface area contributed by atoms with Crippen molar-refractivity contribution in [2.24, 2.45) is 10.6 Å². The van der Waals surface area contributed by atoms with Crippen molar-refractivity contribution in [1.82, 2.24) is 4.90 Å². The Labute approximate surface area is 120 Å². The van der Waals surface area contributed by atoms with Crippen LogP contribution in [0.5, 0.6) is 0 Å². The van der Waals surface area contributed by atoms with E-state index in [1.165, 1.54) is 6.21 Å². The number of benzene rings is 1. The topological polar surface area (TPSA) is 52.9 Å². The summed E-state index contributed by atoms with van der Waals surface area (Å²) in [4.78, 5) is 13.9. The molecular weight excluding hydrogens is 252 g/mol. The highest BCUT2D eigenvalue weighted by Crippen LogP contribution is 2.17. The van der Waals surface area contributed by atoms with E-state index in [0.717, 1.165) is 5.56 Å². The molecule has 0 aromatic heterocycles. The van der Waals surface area contributed by atoms with Crippen LogP contribution in [-0.2, 0) is 11.3 Å². The van der Waals surface area contributed by atoms with E-state index in [4.69, 9.17) is 5.21 Å². The van der Waals surface area contributed by atoms with E-state index in [0.29, 0.717) is 13.1 Å². The summed E-state index contributed by atoms with van der Waals surface area (Å²) >= 11 is 0. The number of allylic oxidation sites excluding steroid dienone is 1. The van der Waals surface area contributed by atoms with Gasteiger partial charge in [-0.3, -0.25) is 4.79 Å². The molecule has 1 aromatic carbocycles. The largest absolute Gasteiger partial charge is 0.411 e. The van der Waals surface area contributed by atoms with Crippen LogP contribution in [0.25, 0.3) is 0 Å². The lowest BCUT2D eigenvalue weighted by Gasteiger charge is -2.29. The molecule has 1 aromatic rings. The van der Waals surface area contributed by atoms with Crippen LogP contribution < -0.4 is 0 Å². The minimum Gasteiger partial charge on any atom is -0.411 e. The average molecular weight is 274 g/mol. The van der Waals surface area contributed by atoms with Crippen molar-refractivity contribution in [2.45, 2.75) is 27.3 Å². The number of oxime groups is 1. The molecule has 1 amide bonds.